The minimum absolute atomic E-state index is 0.00463. The van der Waals surface area contributed by atoms with Crippen LogP contribution in [-0.2, 0) is 19.1 Å². The number of aromatic nitrogens is 2. The van der Waals surface area contributed by atoms with Crippen LogP contribution >= 0.6 is 23.2 Å². The number of likely N-dealkylation sites (N-methyl/N-ethyl adjacent to an activating group) is 1. The highest BCUT2D eigenvalue weighted by Gasteiger charge is 2.07. The van der Waals surface area contributed by atoms with Gasteiger partial charge in [0.1, 0.15) is 30.5 Å². The molecule has 3 aromatic rings. The average Bonchev–Trinajstić information content (AvgIpc) is 2.91. The smallest absolute Gasteiger partial charge is 0.211 e. The molecule has 0 radical (unpaired) electrons. The van der Waals surface area contributed by atoms with Gasteiger partial charge in [-0.15, -0.1) is 11.6 Å². The molecule has 0 saturated heterocycles. The van der Waals surface area contributed by atoms with E-state index < -0.39 is 5.82 Å². The van der Waals surface area contributed by atoms with Crippen molar-refractivity contribution >= 4 is 70.3 Å². The highest BCUT2D eigenvalue weighted by molar-refractivity contribution is 6.31. The molecule has 0 saturated carbocycles. The number of methoxy groups -OCH3 is 1. The third-order valence-corrected chi connectivity index (χ3v) is 4.47. The summed E-state index contributed by atoms with van der Waals surface area (Å²) >= 11 is 10.6. The molecule has 0 fully saturated rings. The number of hydrogen-bond donors (Lipinski definition) is 3. The highest BCUT2D eigenvalue weighted by atomic mass is 35.5. The molecule has 0 spiro atoms. The van der Waals surface area contributed by atoms with Gasteiger partial charge in [-0.3, -0.25) is 4.79 Å². The van der Waals surface area contributed by atoms with Crippen LogP contribution in [-0.4, -0.2) is 61.6 Å². The summed E-state index contributed by atoms with van der Waals surface area (Å²) in [5, 5.41) is 9.12. The van der Waals surface area contributed by atoms with Gasteiger partial charge in [-0.05, 0) is 57.3 Å². The first-order chi connectivity index (χ1) is 17.3. The van der Waals surface area contributed by atoms with Gasteiger partial charge in [-0.2, -0.15) is 0 Å². The maximum absolute atomic E-state index is 13.2. The van der Waals surface area contributed by atoms with Gasteiger partial charge < -0.3 is 30.3 Å². The van der Waals surface area contributed by atoms with Crippen LogP contribution in [0.2, 0.25) is 5.02 Å². The summed E-state index contributed by atoms with van der Waals surface area (Å²) in [5.74, 6) is 0.152. The van der Waals surface area contributed by atoms with Crippen molar-refractivity contribution in [2.45, 2.75) is 19.9 Å². The Morgan fingerprint density at radius 3 is 2.22 bits per heavy atom. The number of alkyl halides is 1. The number of benzene rings is 2. The molecule has 0 bridgehead atoms. The van der Waals surface area contributed by atoms with Gasteiger partial charge in [-0.25, -0.2) is 14.4 Å². The van der Waals surface area contributed by atoms with Gasteiger partial charge in [0, 0.05) is 30.5 Å². The predicted molar refractivity (Wildman–Crippen MR) is 143 cm³/mol. The van der Waals surface area contributed by atoms with E-state index in [0.717, 1.165) is 18.3 Å². The van der Waals surface area contributed by atoms with Crippen LogP contribution in [0.15, 0.2) is 42.7 Å². The van der Waals surface area contributed by atoms with E-state index in [1.165, 1.54) is 18.5 Å². The zero-order valence-corrected chi connectivity index (χ0v) is 21.9. The fourth-order valence-electron chi connectivity index (χ4n) is 2.09. The zero-order valence-electron chi connectivity index (χ0n) is 20.4. The molecule has 0 aliphatic rings. The molecule has 36 heavy (non-hydrogen) atoms. The lowest BCUT2D eigenvalue weighted by Gasteiger charge is -2.10. The molecule has 1 atom stereocenters. The van der Waals surface area contributed by atoms with Gasteiger partial charge in [-0.1, -0.05) is 11.6 Å². The summed E-state index contributed by atoms with van der Waals surface area (Å²) < 4.78 is 17.7. The van der Waals surface area contributed by atoms with Gasteiger partial charge in [0.15, 0.2) is 0 Å². The van der Waals surface area contributed by atoms with Gasteiger partial charge in [0.25, 0.3) is 0 Å². The lowest BCUT2D eigenvalue weighted by atomic mass is 10.2. The number of fused-ring (bicyclic) bond motifs is 1. The molecule has 2 aromatic carbocycles. The molecule has 1 unspecified atom stereocenters. The third kappa shape index (κ3) is 13.1. The molecular weight excluding hydrogens is 512 g/mol. The fourth-order valence-corrected chi connectivity index (χ4v) is 2.27. The summed E-state index contributed by atoms with van der Waals surface area (Å²) in [6, 6.07) is 9.56. The topological polar surface area (TPSA) is 122 Å². The number of halogens is 3. The Hall–Kier alpha value is -3.18. The van der Waals surface area contributed by atoms with Crippen molar-refractivity contribution in [1.82, 2.24) is 15.3 Å². The highest BCUT2D eigenvalue weighted by Crippen LogP contribution is 2.27. The van der Waals surface area contributed by atoms with Crippen molar-refractivity contribution in [3.8, 4) is 0 Å². The molecular formula is C24H30Cl2FN5O4. The van der Waals surface area contributed by atoms with E-state index in [0.29, 0.717) is 35.4 Å². The SMILES string of the molecule is CCOC.CNC(C)C=O.O=CCCl.O=CNc1ccc2ncnc(Nc3ccc(F)c(Cl)c3)c2c1. The molecule has 1 aromatic heterocycles. The first kappa shape index (κ1) is 32.8. The van der Waals surface area contributed by atoms with Crippen LogP contribution in [0.25, 0.3) is 10.9 Å². The summed E-state index contributed by atoms with van der Waals surface area (Å²) in [7, 11) is 3.43. The Morgan fingerprint density at radius 2 is 1.75 bits per heavy atom. The van der Waals surface area contributed by atoms with E-state index in [2.05, 4.69) is 30.7 Å². The van der Waals surface area contributed by atoms with Crippen molar-refractivity contribution in [3.05, 3.63) is 53.6 Å². The van der Waals surface area contributed by atoms with Gasteiger partial charge in [0.2, 0.25) is 6.41 Å². The minimum Gasteiger partial charge on any atom is -0.385 e. The molecule has 196 valence electrons. The van der Waals surface area contributed by atoms with Crippen molar-refractivity contribution in [2.24, 2.45) is 0 Å². The Labute approximate surface area is 219 Å². The molecule has 0 aliphatic carbocycles. The van der Waals surface area contributed by atoms with E-state index in [1.54, 1.807) is 45.3 Å². The maximum Gasteiger partial charge on any atom is 0.211 e. The number of nitrogens with one attached hydrogen (secondary N) is 3. The fraction of sp³-hybridized carbons (Fsp3) is 0.292. The van der Waals surface area contributed by atoms with Gasteiger partial charge in [0.05, 0.1) is 22.5 Å². The quantitative estimate of drug-likeness (QED) is 0.279. The Kier molecular flexibility index (Phi) is 18.3. The molecule has 0 aliphatic heterocycles. The van der Waals surface area contributed by atoms with E-state index in [1.807, 2.05) is 6.92 Å². The zero-order chi connectivity index (χ0) is 27.3. The summed E-state index contributed by atoms with van der Waals surface area (Å²) in [4.78, 5) is 37.6. The molecule has 3 rings (SSSR count). The lowest BCUT2D eigenvalue weighted by molar-refractivity contribution is -0.109. The summed E-state index contributed by atoms with van der Waals surface area (Å²) in [5.41, 5.74) is 1.93. The van der Waals surface area contributed by atoms with E-state index in [-0.39, 0.29) is 16.9 Å². The van der Waals surface area contributed by atoms with E-state index >= 15 is 0 Å². The number of rotatable bonds is 8. The number of nitrogens with zero attached hydrogens (tertiary/aromatic N) is 2. The molecule has 12 heteroatoms. The Bertz CT molecular complexity index is 1070. The second kappa shape index (κ2) is 20.1. The molecule has 9 nitrogen and oxygen atoms in total. The van der Waals surface area contributed by atoms with Crippen LogP contribution in [0.5, 0.6) is 0 Å². The normalized spacial score (nSPS) is 10.2. The van der Waals surface area contributed by atoms with Crippen molar-refractivity contribution in [3.63, 3.8) is 0 Å². The number of hydrogen-bond acceptors (Lipinski definition) is 8. The van der Waals surface area contributed by atoms with E-state index in [4.69, 9.17) is 28.0 Å². The predicted octanol–water partition coefficient (Wildman–Crippen LogP) is 4.60. The van der Waals surface area contributed by atoms with Crippen molar-refractivity contribution < 1.29 is 23.5 Å². The maximum atomic E-state index is 13.2. The average molecular weight is 542 g/mol. The monoisotopic (exact) mass is 541 g/mol. The van der Waals surface area contributed by atoms with Crippen molar-refractivity contribution in [2.75, 3.05) is 37.3 Å². The van der Waals surface area contributed by atoms with Crippen LogP contribution in [0.1, 0.15) is 13.8 Å². The van der Waals surface area contributed by atoms with Crippen LogP contribution in [0, 0.1) is 5.82 Å². The molecule has 1 heterocycles. The van der Waals surface area contributed by atoms with Crippen LogP contribution in [0.4, 0.5) is 21.6 Å². The third-order valence-electron chi connectivity index (χ3n) is 4.05. The second-order valence-electron chi connectivity index (χ2n) is 6.58. The lowest BCUT2D eigenvalue weighted by Crippen LogP contribution is -2.21. The summed E-state index contributed by atoms with van der Waals surface area (Å²) in [6.45, 7) is 4.58. The molecule has 3 N–H and O–H groups in total. The minimum atomic E-state index is -0.489. The number of carbonyl (C=O) groups is 3. The largest absolute Gasteiger partial charge is 0.385 e. The Morgan fingerprint density at radius 1 is 1.11 bits per heavy atom. The first-order valence-electron chi connectivity index (χ1n) is 10.6. The number of ether oxygens (including phenoxy) is 1. The standard InChI is InChI=1S/C15H10ClFN4O.C4H9NO.C3H8O.C2H3ClO/c16-12-6-10(1-3-13(12)17)21-15-11-5-9(20-8-22)2-4-14(11)18-7-19-15;1-4(3-6)5-2;1-3-4-2;3-1-2-4/h1-8H,(H,20,22)(H,18,19,21);3-5H,1-2H3;3H2,1-2H3;2H,1H2. The first-order valence-corrected chi connectivity index (χ1v) is 11.5. The summed E-state index contributed by atoms with van der Waals surface area (Å²) in [6.07, 6.45) is 3.52. The Balaban J connectivity index is 0.000000724. The van der Waals surface area contributed by atoms with Crippen LogP contribution < -0.4 is 16.0 Å². The van der Waals surface area contributed by atoms with E-state index in [9.17, 15) is 14.0 Å². The number of anilines is 3. The molecule has 1 amide bonds. The van der Waals surface area contributed by atoms with Gasteiger partial charge >= 0.3 is 0 Å². The number of amides is 1. The number of aldehydes is 2. The second-order valence-corrected chi connectivity index (χ2v) is 7.30. The number of carbonyl (C=O) groups excluding carboxylic acids is 3. The van der Waals surface area contributed by atoms with Crippen molar-refractivity contribution in [1.29, 1.82) is 0 Å². The van der Waals surface area contributed by atoms with Crippen LogP contribution in [0.3, 0.4) is 0 Å².